The predicted octanol–water partition coefficient (Wildman–Crippen LogP) is 1.74. The number of hydrogen-bond donors (Lipinski definition) is 3. The molecule has 0 aromatic heterocycles. The van der Waals surface area contributed by atoms with Gasteiger partial charge in [-0.05, 0) is 31.0 Å². The molecule has 1 fully saturated rings. The van der Waals surface area contributed by atoms with E-state index in [9.17, 15) is 18.0 Å². The van der Waals surface area contributed by atoms with E-state index in [0.717, 1.165) is 5.56 Å². The summed E-state index contributed by atoms with van der Waals surface area (Å²) in [7, 11) is 1.61. The molecule has 1 unspecified atom stereocenters. The van der Waals surface area contributed by atoms with Crippen molar-refractivity contribution in [3.8, 4) is 0 Å². The minimum absolute atomic E-state index is 0.0831. The second-order valence-electron chi connectivity index (χ2n) is 6.47. The molecular formula is C18H26F3N5O. The molecule has 1 aromatic rings. The van der Waals surface area contributed by atoms with E-state index in [1.807, 2.05) is 19.1 Å². The Morgan fingerprint density at radius 2 is 2.11 bits per heavy atom. The molecule has 1 heterocycles. The molecule has 3 N–H and O–H groups in total. The molecule has 0 bridgehead atoms. The molecule has 1 aliphatic heterocycles. The van der Waals surface area contributed by atoms with E-state index in [2.05, 4.69) is 20.9 Å². The number of hydrogen-bond acceptors (Lipinski definition) is 3. The zero-order chi connectivity index (χ0) is 19.9. The van der Waals surface area contributed by atoms with Crippen molar-refractivity contribution in [2.75, 3.05) is 33.2 Å². The van der Waals surface area contributed by atoms with E-state index < -0.39 is 12.7 Å². The number of benzene rings is 1. The highest BCUT2D eigenvalue weighted by atomic mass is 19.4. The molecule has 0 aliphatic carbocycles. The van der Waals surface area contributed by atoms with Crippen molar-refractivity contribution in [1.29, 1.82) is 0 Å². The van der Waals surface area contributed by atoms with Crippen LogP contribution in [0.2, 0.25) is 0 Å². The minimum atomic E-state index is -4.18. The Morgan fingerprint density at radius 3 is 2.78 bits per heavy atom. The Hall–Kier alpha value is -2.29. The first-order chi connectivity index (χ1) is 12.8. The zero-order valence-electron chi connectivity index (χ0n) is 15.6. The summed E-state index contributed by atoms with van der Waals surface area (Å²) < 4.78 is 37.4. The van der Waals surface area contributed by atoms with Crippen LogP contribution < -0.4 is 16.0 Å². The van der Waals surface area contributed by atoms with Gasteiger partial charge in [0.15, 0.2) is 5.96 Å². The van der Waals surface area contributed by atoms with Crippen LogP contribution >= 0.6 is 0 Å². The first-order valence-corrected chi connectivity index (χ1v) is 8.94. The first-order valence-electron chi connectivity index (χ1n) is 8.94. The Bertz CT molecular complexity index is 663. The number of rotatable bonds is 6. The molecule has 0 radical (unpaired) electrons. The number of carbonyl (C=O) groups is 1. The molecule has 1 atom stereocenters. The minimum Gasteiger partial charge on any atom is -0.352 e. The molecule has 0 saturated carbocycles. The highest BCUT2D eigenvalue weighted by Crippen LogP contribution is 2.19. The lowest BCUT2D eigenvalue weighted by molar-refractivity contribution is -0.143. The second kappa shape index (κ2) is 9.59. The largest absolute Gasteiger partial charge is 0.401 e. The second-order valence-corrected chi connectivity index (χ2v) is 6.47. The number of nitrogens with zero attached hydrogens (tertiary/aromatic N) is 2. The van der Waals surface area contributed by atoms with Crippen LogP contribution in [0.3, 0.4) is 0 Å². The first kappa shape index (κ1) is 21.0. The maximum absolute atomic E-state index is 12.5. The molecule has 1 aromatic carbocycles. The van der Waals surface area contributed by atoms with Gasteiger partial charge in [0.1, 0.15) is 0 Å². The van der Waals surface area contributed by atoms with Crippen molar-refractivity contribution in [2.24, 2.45) is 4.99 Å². The quantitative estimate of drug-likeness (QED) is 0.515. The lowest BCUT2D eigenvalue weighted by atomic mass is 10.1. The molecule has 1 aliphatic rings. The van der Waals surface area contributed by atoms with E-state index in [4.69, 9.17) is 0 Å². The average Bonchev–Trinajstić information content (AvgIpc) is 3.04. The van der Waals surface area contributed by atoms with E-state index >= 15 is 0 Å². The SMILES string of the molecule is CCNC(=O)c1cccc(CNC(=NC)NC2CCN(CC(F)(F)F)C2)c1. The fourth-order valence-corrected chi connectivity index (χ4v) is 3.01. The summed E-state index contributed by atoms with van der Waals surface area (Å²) >= 11 is 0. The van der Waals surface area contributed by atoms with Crippen molar-refractivity contribution >= 4 is 11.9 Å². The van der Waals surface area contributed by atoms with Crippen molar-refractivity contribution < 1.29 is 18.0 Å². The molecule has 9 heteroatoms. The van der Waals surface area contributed by atoms with Crippen LogP contribution in [-0.4, -0.2) is 62.2 Å². The number of nitrogens with one attached hydrogen (secondary N) is 3. The van der Waals surface area contributed by atoms with Crippen LogP contribution in [0.5, 0.6) is 0 Å². The third-order valence-electron chi connectivity index (χ3n) is 4.23. The summed E-state index contributed by atoms with van der Waals surface area (Å²) in [5, 5.41) is 9.05. The Morgan fingerprint density at radius 1 is 1.33 bits per heavy atom. The Labute approximate surface area is 157 Å². The lowest BCUT2D eigenvalue weighted by Crippen LogP contribution is -2.44. The normalized spacial score (nSPS) is 18.4. The van der Waals surface area contributed by atoms with E-state index in [-0.39, 0.29) is 11.9 Å². The number of alkyl halides is 3. The maximum Gasteiger partial charge on any atom is 0.401 e. The van der Waals surface area contributed by atoms with Crippen LogP contribution in [0.4, 0.5) is 13.2 Å². The van der Waals surface area contributed by atoms with E-state index in [1.54, 1.807) is 19.2 Å². The monoisotopic (exact) mass is 385 g/mol. The molecule has 1 amide bonds. The zero-order valence-corrected chi connectivity index (χ0v) is 15.6. The molecule has 6 nitrogen and oxygen atoms in total. The van der Waals surface area contributed by atoms with Crippen molar-refractivity contribution in [3.05, 3.63) is 35.4 Å². The number of halogens is 3. The van der Waals surface area contributed by atoms with Crippen LogP contribution in [-0.2, 0) is 6.54 Å². The van der Waals surface area contributed by atoms with Gasteiger partial charge in [-0.2, -0.15) is 13.2 Å². The van der Waals surface area contributed by atoms with Gasteiger partial charge in [-0.15, -0.1) is 0 Å². The molecule has 150 valence electrons. The molecular weight excluding hydrogens is 359 g/mol. The van der Waals surface area contributed by atoms with Gasteiger partial charge in [-0.1, -0.05) is 12.1 Å². The van der Waals surface area contributed by atoms with Crippen molar-refractivity contribution in [1.82, 2.24) is 20.9 Å². The van der Waals surface area contributed by atoms with Gasteiger partial charge in [-0.25, -0.2) is 0 Å². The maximum atomic E-state index is 12.5. The summed E-state index contributed by atoms with van der Waals surface area (Å²) in [6.07, 6.45) is -3.55. The van der Waals surface area contributed by atoms with Crippen LogP contribution in [0, 0.1) is 0 Å². The number of guanidine groups is 1. The summed E-state index contributed by atoms with van der Waals surface area (Å²) in [6, 6.07) is 7.16. The number of carbonyl (C=O) groups excluding carboxylic acids is 1. The third kappa shape index (κ3) is 7.09. The van der Waals surface area contributed by atoms with Crippen LogP contribution in [0.1, 0.15) is 29.3 Å². The van der Waals surface area contributed by atoms with Gasteiger partial charge < -0.3 is 16.0 Å². The predicted molar refractivity (Wildman–Crippen MR) is 98.7 cm³/mol. The molecule has 27 heavy (non-hydrogen) atoms. The lowest BCUT2D eigenvalue weighted by Gasteiger charge is -2.20. The van der Waals surface area contributed by atoms with E-state index in [1.165, 1.54) is 4.90 Å². The Kier molecular flexibility index (Phi) is 7.46. The fourth-order valence-electron chi connectivity index (χ4n) is 3.01. The summed E-state index contributed by atoms with van der Waals surface area (Å²) in [4.78, 5) is 17.4. The van der Waals surface area contributed by atoms with Crippen molar-refractivity contribution in [3.63, 3.8) is 0 Å². The molecule has 0 spiro atoms. The number of likely N-dealkylation sites (tertiary alicyclic amines) is 1. The van der Waals surface area contributed by atoms with Gasteiger partial charge in [0.2, 0.25) is 0 Å². The summed E-state index contributed by atoms with van der Waals surface area (Å²) in [6.45, 7) is 2.72. The number of aliphatic imine (C=N–C) groups is 1. The number of amides is 1. The topological polar surface area (TPSA) is 68.8 Å². The summed E-state index contributed by atoms with van der Waals surface area (Å²) in [5.41, 5.74) is 1.49. The highest BCUT2D eigenvalue weighted by molar-refractivity contribution is 5.94. The van der Waals surface area contributed by atoms with Crippen molar-refractivity contribution in [2.45, 2.75) is 32.1 Å². The highest BCUT2D eigenvalue weighted by Gasteiger charge is 2.34. The smallest absolute Gasteiger partial charge is 0.352 e. The van der Waals surface area contributed by atoms with Crippen LogP contribution in [0.25, 0.3) is 0 Å². The van der Waals surface area contributed by atoms with Gasteiger partial charge in [0.05, 0.1) is 6.54 Å². The fraction of sp³-hybridized carbons (Fsp3) is 0.556. The molecule has 2 rings (SSSR count). The molecule has 1 saturated heterocycles. The summed E-state index contributed by atoms with van der Waals surface area (Å²) in [5.74, 6) is 0.398. The van der Waals surface area contributed by atoms with E-state index in [0.29, 0.717) is 44.1 Å². The third-order valence-corrected chi connectivity index (χ3v) is 4.23. The van der Waals surface area contributed by atoms with Gasteiger partial charge in [-0.3, -0.25) is 14.7 Å². The van der Waals surface area contributed by atoms with Gasteiger partial charge >= 0.3 is 6.18 Å². The average molecular weight is 385 g/mol. The van der Waals surface area contributed by atoms with Gasteiger partial charge in [0, 0.05) is 44.8 Å². The standard InChI is InChI=1S/C18H26F3N5O/c1-3-23-16(27)14-6-4-5-13(9-14)10-24-17(22-2)25-15-7-8-26(11-15)12-18(19,20)21/h4-6,9,15H,3,7-8,10-12H2,1-2H3,(H,23,27)(H2,22,24,25). The Balaban J connectivity index is 1.84. The van der Waals surface area contributed by atoms with Crippen LogP contribution in [0.15, 0.2) is 29.3 Å². The van der Waals surface area contributed by atoms with Gasteiger partial charge in [0.25, 0.3) is 5.91 Å².